The number of alkyl halides is 3. The molecule has 1 rings (SSSR count). The Bertz CT molecular complexity index is 153. The molecule has 0 N–H and O–H groups in total. The molecule has 1 heterocycles. The predicted octanol–water partition coefficient (Wildman–Crippen LogP) is 2.28. The molecule has 0 aliphatic carbocycles. The summed E-state index contributed by atoms with van der Waals surface area (Å²) in [6, 6.07) is 0.145. The van der Waals surface area contributed by atoms with E-state index in [1.807, 2.05) is 13.8 Å². The molecule has 1 nitrogen and oxygen atoms in total. The van der Waals surface area contributed by atoms with Crippen LogP contribution in [-0.4, -0.2) is 30.2 Å². The summed E-state index contributed by atoms with van der Waals surface area (Å²) in [5.74, 6) is 0.334. The van der Waals surface area contributed by atoms with Gasteiger partial charge in [-0.2, -0.15) is 13.2 Å². The Balaban J connectivity index is 2.35. The molecule has 12 heavy (non-hydrogen) atoms. The maximum absolute atomic E-state index is 11.9. The largest absolute Gasteiger partial charge is 0.401 e. The maximum Gasteiger partial charge on any atom is 0.401 e. The highest BCUT2D eigenvalue weighted by atomic mass is 19.4. The first-order valence-electron chi connectivity index (χ1n) is 4.21. The van der Waals surface area contributed by atoms with Crippen LogP contribution in [0.5, 0.6) is 0 Å². The average Bonchev–Trinajstić information content (AvgIpc) is 1.77. The van der Waals surface area contributed by atoms with Gasteiger partial charge in [0.25, 0.3) is 0 Å². The Morgan fingerprint density at radius 2 is 2.00 bits per heavy atom. The van der Waals surface area contributed by atoms with E-state index in [1.165, 1.54) is 4.90 Å². The zero-order chi connectivity index (χ0) is 9.35. The number of nitrogens with zero attached hydrogens (tertiary/aromatic N) is 1. The summed E-state index contributed by atoms with van der Waals surface area (Å²) in [6.45, 7) is 3.79. The van der Waals surface area contributed by atoms with Crippen molar-refractivity contribution in [2.24, 2.45) is 5.92 Å². The first-order chi connectivity index (χ1) is 5.40. The second kappa shape index (κ2) is 3.24. The zero-order valence-corrected chi connectivity index (χ0v) is 7.36. The second-order valence-corrected chi connectivity index (χ2v) is 3.69. The fourth-order valence-corrected chi connectivity index (χ4v) is 1.64. The Kier molecular flexibility index (Phi) is 2.66. The van der Waals surface area contributed by atoms with Crippen LogP contribution in [-0.2, 0) is 0 Å². The smallest absolute Gasteiger partial charge is 0.292 e. The maximum atomic E-state index is 11.9. The summed E-state index contributed by atoms with van der Waals surface area (Å²) in [5.41, 5.74) is 0. The topological polar surface area (TPSA) is 3.24 Å². The quantitative estimate of drug-likeness (QED) is 0.631. The molecule has 0 saturated carbocycles. The molecular formula is C8H14F3N. The molecule has 0 aromatic rings. The van der Waals surface area contributed by atoms with Crippen LogP contribution < -0.4 is 0 Å². The molecule has 0 radical (unpaired) electrons. The predicted molar refractivity (Wildman–Crippen MR) is 40.9 cm³/mol. The first-order valence-corrected chi connectivity index (χ1v) is 4.21. The van der Waals surface area contributed by atoms with Crippen molar-refractivity contribution in [3.63, 3.8) is 0 Å². The molecule has 1 aliphatic rings. The molecule has 0 bridgehead atoms. The third-order valence-corrected chi connectivity index (χ3v) is 2.33. The van der Waals surface area contributed by atoms with Gasteiger partial charge in [0.05, 0.1) is 6.54 Å². The van der Waals surface area contributed by atoms with Crippen molar-refractivity contribution < 1.29 is 13.2 Å². The van der Waals surface area contributed by atoms with Gasteiger partial charge < -0.3 is 0 Å². The zero-order valence-electron chi connectivity index (χ0n) is 7.36. The minimum absolute atomic E-state index is 0.145. The summed E-state index contributed by atoms with van der Waals surface area (Å²) in [7, 11) is 0. The highest BCUT2D eigenvalue weighted by molar-refractivity contribution is 4.86. The molecule has 0 aromatic heterocycles. The van der Waals surface area contributed by atoms with E-state index < -0.39 is 12.7 Å². The van der Waals surface area contributed by atoms with Gasteiger partial charge in [-0.05, 0) is 12.3 Å². The summed E-state index contributed by atoms with van der Waals surface area (Å²) in [6.07, 6.45) is -3.12. The summed E-state index contributed by atoms with van der Waals surface area (Å²) in [4.78, 5) is 1.50. The monoisotopic (exact) mass is 181 g/mol. The van der Waals surface area contributed by atoms with E-state index >= 15 is 0 Å². The van der Waals surface area contributed by atoms with Crippen molar-refractivity contribution in [3.05, 3.63) is 0 Å². The standard InChI is InChI=1S/C8H14F3N/c1-6(2)7-3-4-12(7)5-8(9,10)11/h6-7H,3-5H2,1-2H3. The third-order valence-electron chi connectivity index (χ3n) is 2.33. The van der Waals surface area contributed by atoms with Crippen LogP contribution in [0.2, 0.25) is 0 Å². The minimum atomic E-state index is -4.03. The normalized spacial score (nSPS) is 26.0. The van der Waals surface area contributed by atoms with Gasteiger partial charge in [0.2, 0.25) is 0 Å². The van der Waals surface area contributed by atoms with Gasteiger partial charge in [-0.25, -0.2) is 0 Å². The van der Waals surface area contributed by atoms with E-state index in [0.29, 0.717) is 12.5 Å². The number of rotatable bonds is 2. The molecule has 4 heteroatoms. The van der Waals surface area contributed by atoms with E-state index in [1.54, 1.807) is 0 Å². The Hall–Kier alpha value is -0.250. The molecule has 0 spiro atoms. The van der Waals surface area contributed by atoms with Gasteiger partial charge in [-0.15, -0.1) is 0 Å². The van der Waals surface area contributed by atoms with Crippen molar-refractivity contribution >= 4 is 0 Å². The van der Waals surface area contributed by atoms with Gasteiger partial charge in [0, 0.05) is 12.6 Å². The molecule has 1 saturated heterocycles. The Morgan fingerprint density at radius 1 is 1.42 bits per heavy atom. The summed E-state index contributed by atoms with van der Waals surface area (Å²) in [5, 5.41) is 0. The van der Waals surface area contributed by atoms with Gasteiger partial charge in [-0.1, -0.05) is 13.8 Å². The van der Waals surface area contributed by atoms with E-state index in [2.05, 4.69) is 0 Å². The molecule has 0 aromatic carbocycles. The fraction of sp³-hybridized carbons (Fsp3) is 1.00. The Labute approximate surface area is 70.5 Å². The average molecular weight is 181 g/mol. The van der Waals surface area contributed by atoms with Gasteiger partial charge in [0.1, 0.15) is 0 Å². The molecular weight excluding hydrogens is 167 g/mol. The van der Waals surface area contributed by atoms with Crippen molar-refractivity contribution in [2.45, 2.75) is 32.5 Å². The lowest BCUT2D eigenvalue weighted by atomic mass is 9.92. The number of hydrogen-bond donors (Lipinski definition) is 0. The lowest BCUT2D eigenvalue weighted by Gasteiger charge is -2.43. The van der Waals surface area contributed by atoms with Crippen LogP contribution in [0.4, 0.5) is 13.2 Å². The molecule has 1 unspecified atom stereocenters. The molecule has 1 atom stereocenters. The van der Waals surface area contributed by atoms with Crippen LogP contribution in [0.1, 0.15) is 20.3 Å². The highest BCUT2D eigenvalue weighted by Gasteiger charge is 2.39. The number of hydrogen-bond acceptors (Lipinski definition) is 1. The summed E-state index contributed by atoms with van der Waals surface area (Å²) < 4.78 is 35.8. The van der Waals surface area contributed by atoms with Crippen LogP contribution >= 0.6 is 0 Å². The number of likely N-dealkylation sites (tertiary alicyclic amines) is 1. The van der Waals surface area contributed by atoms with E-state index in [0.717, 1.165) is 6.42 Å². The third kappa shape index (κ3) is 2.37. The van der Waals surface area contributed by atoms with Gasteiger partial charge >= 0.3 is 6.18 Å². The molecule has 1 fully saturated rings. The van der Waals surface area contributed by atoms with Crippen molar-refractivity contribution in [1.29, 1.82) is 0 Å². The molecule has 0 amide bonds. The fourth-order valence-electron chi connectivity index (χ4n) is 1.64. The van der Waals surface area contributed by atoms with E-state index in [-0.39, 0.29) is 6.04 Å². The molecule has 72 valence electrons. The Morgan fingerprint density at radius 3 is 2.25 bits per heavy atom. The van der Waals surface area contributed by atoms with Crippen LogP contribution in [0, 0.1) is 5.92 Å². The van der Waals surface area contributed by atoms with Crippen molar-refractivity contribution in [1.82, 2.24) is 4.90 Å². The SMILES string of the molecule is CC(C)C1CCN1CC(F)(F)F. The molecule has 1 aliphatic heterocycles. The van der Waals surface area contributed by atoms with Gasteiger partial charge in [-0.3, -0.25) is 4.90 Å². The van der Waals surface area contributed by atoms with Gasteiger partial charge in [0.15, 0.2) is 0 Å². The van der Waals surface area contributed by atoms with Crippen LogP contribution in [0.25, 0.3) is 0 Å². The number of halogens is 3. The first kappa shape index (κ1) is 9.84. The highest BCUT2D eigenvalue weighted by Crippen LogP contribution is 2.28. The van der Waals surface area contributed by atoms with E-state index in [9.17, 15) is 13.2 Å². The van der Waals surface area contributed by atoms with Crippen LogP contribution in [0.3, 0.4) is 0 Å². The second-order valence-electron chi connectivity index (χ2n) is 3.69. The van der Waals surface area contributed by atoms with Crippen LogP contribution in [0.15, 0.2) is 0 Å². The summed E-state index contributed by atoms with van der Waals surface area (Å²) >= 11 is 0. The minimum Gasteiger partial charge on any atom is -0.292 e. The van der Waals surface area contributed by atoms with Crippen molar-refractivity contribution in [3.8, 4) is 0 Å². The lowest BCUT2D eigenvalue weighted by Crippen LogP contribution is -2.53. The van der Waals surface area contributed by atoms with E-state index in [4.69, 9.17) is 0 Å². The lowest BCUT2D eigenvalue weighted by molar-refractivity contribution is -0.164. The van der Waals surface area contributed by atoms with Crippen molar-refractivity contribution in [2.75, 3.05) is 13.1 Å².